The van der Waals surface area contributed by atoms with Crippen molar-refractivity contribution in [2.75, 3.05) is 4.90 Å². The van der Waals surface area contributed by atoms with Crippen molar-refractivity contribution >= 4 is 49.5 Å². The molecule has 2 amide bonds. The third-order valence-corrected chi connectivity index (χ3v) is 3.91. The number of amides is 2. The highest BCUT2D eigenvalue weighted by molar-refractivity contribution is 9.10. The number of nitrogens with one attached hydrogen (secondary N) is 2. The van der Waals surface area contributed by atoms with E-state index in [1.54, 1.807) is 0 Å². The Morgan fingerprint density at radius 3 is 2.70 bits per heavy atom. The van der Waals surface area contributed by atoms with Gasteiger partial charge in [-0.2, -0.15) is 5.21 Å². The van der Waals surface area contributed by atoms with Gasteiger partial charge in [0.2, 0.25) is 5.82 Å². The molecule has 3 rings (SSSR count). The zero-order valence-electron chi connectivity index (χ0n) is 11.6. The molecule has 116 valence electrons. The fraction of sp³-hybridized carbons (Fsp3) is 0. The molecule has 0 unspecified atom stereocenters. The van der Waals surface area contributed by atoms with Crippen LogP contribution in [0, 0.1) is 0 Å². The van der Waals surface area contributed by atoms with Crippen LogP contribution in [-0.4, -0.2) is 26.7 Å². The number of aromatic nitrogens is 4. The minimum absolute atomic E-state index is 0.348. The van der Waals surface area contributed by atoms with Crippen LogP contribution in [0.2, 0.25) is 0 Å². The molecular formula is C14H10Br2N6O. The molecule has 3 aromatic rings. The first-order valence-corrected chi connectivity index (χ1v) is 8.08. The minimum atomic E-state index is -0.348. The highest BCUT2D eigenvalue weighted by Crippen LogP contribution is 2.34. The van der Waals surface area contributed by atoms with Gasteiger partial charge in [-0.3, -0.25) is 9.24 Å². The third kappa shape index (κ3) is 3.25. The quantitative estimate of drug-likeness (QED) is 0.610. The van der Waals surface area contributed by atoms with Gasteiger partial charge >= 0.3 is 6.03 Å². The Morgan fingerprint density at radius 2 is 2.00 bits per heavy atom. The maximum Gasteiger partial charge on any atom is 0.336 e. The molecular weight excluding hydrogens is 428 g/mol. The summed E-state index contributed by atoms with van der Waals surface area (Å²) in [6, 6.07) is 14.4. The van der Waals surface area contributed by atoms with Crippen LogP contribution in [0.5, 0.6) is 0 Å². The van der Waals surface area contributed by atoms with Crippen molar-refractivity contribution in [3.05, 3.63) is 53.0 Å². The first-order chi connectivity index (χ1) is 11.2. The number of aromatic amines is 1. The number of hydrogen-bond donors (Lipinski definition) is 2. The molecule has 2 N–H and O–H groups in total. The van der Waals surface area contributed by atoms with Gasteiger partial charge in [-0.1, -0.05) is 34.1 Å². The van der Waals surface area contributed by atoms with E-state index < -0.39 is 0 Å². The highest BCUT2D eigenvalue weighted by atomic mass is 79.9. The average molecular weight is 438 g/mol. The van der Waals surface area contributed by atoms with Crippen LogP contribution in [0.15, 0.2) is 53.0 Å². The summed E-state index contributed by atoms with van der Waals surface area (Å²) in [5.74, 6) is 0.406. The van der Waals surface area contributed by atoms with Gasteiger partial charge in [0.25, 0.3) is 0 Å². The summed E-state index contributed by atoms with van der Waals surface area (Å²) in [5.41, 5.74) is 1.99. The lowest BCUT2D eigenvalue weighted by molar-refractivity contribution is 0.254. The number of nitrogens with zero attached hydrogens (tertiary/aromatic N) is 4. The molecule has 23 heavy (non-hydrogen) atoms. The normalized spacial score (nSPS) is 10.3. The van der Waals surface area contributed by atoms with Gasteiger partial charge in [0, 0.05) is 10.0 Å². The molecule has 0 saturated heterocycles. The fourth-order valence-corrected chi connectivity index (χ4v) is 2.72. The van der Waals surface area contributed by atoms with E-state index in [0.717, 1.165) is 4.47 Å². The monoisotopic (exact) mass is 436 g/mol. The summed E-state index contributed by atoms with van der Waals surface area (Å²) in [6.45, 7) is 0. The van der Waals surface area contributed by atoms with E-state index in [4.69, 9.17) is 0 Å². The number of halogens is 2. The second-order valence-corrected chi connectivity index (χ2v) is 5.78. The third-order valence-electron chi connectivity index (χ3n) is 3.08. The van der Waals surface area contributed by atoms with Crippen molar-refractivity contribution in [3.63, 3.8) is 0 Å². The summed E-state index contributed by atoms with van der Waals surface area (Å²) in [6.07, 6.45) is 0. The van der Waals surface area contributed by atoms with Gasteiger partial charge in [-0.05, 0) is 35.5 Å². The number of para-hydroxylation sites is 1. The number of anilines is 2. The van der Waals surface area contributed by atoms with Crippen LogP contribution in [0.3, 0.4) is 0 Å². The first kappa shape index (κ1) is 15.6. The van der Waals surface area contributed by atoms with E-state index in [2.05, 4.69) is 57.0 Å². The summed E-state index contributed by atoms with van der Waals surface area (Å²) >= 11 is 6.42. The zero-order valence-corrected chi connectivity index (χ0v) is 14.7. The number of hydrogen-bond acceptors (Lipinski definition) is 4. The van der Waals surface area contributed by atoms with E-state index in [1.165, 1.54) is 4.90 Å². The molecule has 0 radical (unpaired) electrons. The Balaban J connectivity index is 2.17. The topological polar surface area (TPSA) is 86.8 Å². The second-order valence-electron chi connectivity index (χ2n) is 4.47. The van der Waals surface area contributed by atoms with Gasteiger partial charge < -0.3 is 0 Å². The lowest BCUT2D eigenvalue weighted by Gasteiger charge is -2.23. The van der Waals surface area contributed by atoms with E-state index >= 15 is 0 Å². The van der Waals surface area contributed by atoms with Gasteiger partial charge in [-0.15, -0.1) is 10.2 Å². The SMILES string of the molecule is O=C(NBr)N(c1cccc(Br)c1)c1ccccc1-c1nn[nH]n1. The number of carbonyl (C=O) groups excluding carboxylic acids is 1. The molecule has 0 fully saturated rings. The van der Waals surface area contributed by atoms with Crippen molar-refractivity contribution < 1.29 is 4.79 Å². The predicted octanol–water partition coefficient (Wildman–Crippen LogP) is 3.79. The number of benzene rings is 2. The summed E-state index contributed by atoms with van der Waals surface area (Å²) in [7, 11) is 0. The van der Waals surface area contributed by atoms with E-state index in [1.807, 2.05) is 48.5 Å². The average Bonchev–Trinajstić information content (AvgIpc) is 3.10. The number of tetrazole rings is 1. The Kier molecular flexibility index (Phi) is 4.68. The molecule has 0 aliphatic carbocycles. The van der Waals surface area contributed by atoms with Gasteiger partial charge in [0.05, 0.1) is 27.5 Å². The lowest BCUT2D eigenvalue weighted by atomic mass is 10.1. The van der Waals surface area contributed by atoms with Gasteiger partial charge in [0.15, 0.2) is 0 Å². The maximum absolute atomic E-state index is 12.4. The number of H-pyrrole nitrogens is 1. The molecule has 0 saturated carbocycles. The van der Waals surface area contributed by atoms with Crippen LogP contribution < -0.4 is 9.24 Å². The van der Waals surface area contributed by atoms with Crippen LogP contribution in [-0.2, 0) is 0 Å². The maximum atomic E-state index is 12.4. The first-order valence-electron chi connectivity index (χ1n) is 6.50. The predicted molar refractivity (Wildman–Crippen MR) is 93.4 cm³/mol. The lowest BCUT2D eigenvalue weighted by Crippen LogP contribution is -2.32. The molecule has 0 aliphatic heterocycles. The summed E-state index contributed by atoms with van der Waals surface area (Å²) in [5, 5.41) is 14.0. The molecule has 9 heteroatoms. The molecule has 1 aromatic heterocycles. The zero-order chi connectivity index (χ0) is 16.2. The Hall–Kier alpha value is -2.26. The number of urea groups is 1. The summed E-state index contributed by atoms with van der Waals surface area (Å²) < 4.78 is 3.33. The second kappa shape index (κ2) is 6.88. The van der Waals surface area contributed by atoms with Crippen molar-refractivity contribution in [3.8, 4) is 11.4 Å². The largest absolute Gasteiger partial charge is 0.336 e. The molecule has 1 heterocycles. The van der Waals surface area contributed by atoms with Gasteiger partial charge in [0.1, 0.15) is 0 Å². The Morgan fingerprint density at radius 1 is 1.17 bits per heavy atom. The summed E-state index contributed by atoms with van der Waals surface area (Å²) in [4.78, 5) is 14.0. The minimum Gasteiger partial charge on any atom is -0.274 e. The standard InChI is InChI=1S/C14H10Br2N6O/c15-9-4-3-5-10(8-9)22(14(23)17-16)12-7-2-1-6-11(12)13-18-20-21-19-13/h1-8H,(H,17,23)(H,18,19,20,21). The van der Waals surface area contributed by atoms with Crippen LogP contribution in [0.1, 0.15) is 0 Å². The van der Waals surface area contributed by atoms with E-state index in [0.29, 0.717) is 22.8 Å². The molecule has 2 aromatic carbocycles. The number of carbonyl (C=O) groups is 1. The Bertz CT molecular complexity index is 824. The van der Waals surface area contributed by atoms with Crippen molar-refractivity contribution in [2.45, 2.75) is 0 Å². The van der Waals surface area contributed by atoms with Crippen LogP contribution >= 0.6 is 32.1 Å². The van der Waals surface area contributed by atoms with Crippen molar-refractivity contribution in [1.29, 1.82) is 0 Å². The highest BCUT2D eigenvalue weighted by Gasteiger charge is 2.22. The van der Waals surface area contributed by atoms with E-state index in [-0.39, 0.29) is 6.03 Å². The van der Waals surface area contributed by atoms with Crippen LogP contribution in [0.4, 0.5) is 16.2 Å². The van der Waals surface area contributed by atoms with Crippen molar-refractivity contribution in [1.82, 2.24) is 25.0 Å². The smallest absolute Gasteiger partial charge is 0.274 e. The molecule has 0 spiro atoms. The van der Waals surface area contributed by atoms with Gasteiger partial charge in [-0.25, -0.2) is 4.79 Å². The Labute approximate surface area is 148 Å². The molecule has 0 bridgehead atoms. The number of rotatable bonds is 3. The van der Waals surface area contributed by atoms with Crippen LogP contribution in [0.25, 0.3) is 11.4 Å². The molecule has 7 nitrogen and oxygen atoms in total. The molecule has 0 atom stereocenters. The van der Waals surface area contributed by atoms with E-state index in [9.17, 15) is 4.79 Å². The fourth-order valence-electron chi connectivity index (χ4n) is 2.16. The van der Waals surface area contributed by atoms with Crippen molar-refractivity contribution in [2.24, 2.45) is 0 Å². The molecule has 0 aliphatic rings.